The molecule has 3 aliphatic rings. The first-order valence-corrected chi connectivity index (χ1v) is 13.3. The van der Waals surface area contributed by atoms with Gasteiger partial charge in [-0.05, 0) is 43.5 Å². The lowest BCUT2D eigenvalue weighted by atomic mass is 9.71. The zero-order valence-electron chi connectivity index (χ0n) is 18.7. The molecule has 10 heteroatoms. The third-order valence-corrected chi connectivity index (χ3v) is 10.4. The number of nitrogens with zero attached hydrogens (tertiary/aromatic N) is 1. The summed E-state index contributed by atoms with van der Waals surface area (Å²) in [5.41, 5.74) is 0.566. The lowest BCUT2D eigenvalue weighted by molar-refractivity contribution is -0.154. The molecule has 7 nitrogen and oxygen atoms in total. The normalized spacial score (nSPS) is 33.4. The summed E-state index contributed by atoms with van der Waals surface area (Å²) < 4.78 is 4.56. The molecule has 3 aliphatic heterocycles. The van der Waals surface area contributed by atoms with Crippen molar-refractivity contribution in [3.05, 3.63) is 29.3 Å². The van der Waals surface area contributed by atoms with Crippen molar-refractivity contribution in [1.29, 1.82) is 0 Å². The zero-order chi connectivity index (χ0) is 24.1. The third kappa shape index (κ3) is 3.98. The number of anilines is 1. The van der Waals surface area contributed by atoms with E-state index >= 15 is 0 Å². The van der Waals surface area contributed by atoms with Gasteiger partial charge in [-0.1, -0.05) is 41.4 Å². The van der Waals surface area contributed by atoms with Crippen LogP contribution in [0.5, 0.6) is 0 Å². The number of nitrogens with one attached hydrogen (secondary N) is 1. The van der Waals surface area contributed by atoms with E-state index in [0.717, 1.165) is 0 Å². The first-order chi connectivity index (χ1) is 15.7. The van der Waals surface area contributed by atoms with Gasteiger partial charge in [-0.2, -0.15) is 0 Å². The number of alkyl halides is 1. The van der Waals surface area contributed by atoms with Crippen LogP contribution < -0.4 is 5.32 Å². The first-order valence-electron chi connectivity index (χ1n) is 11.1. The maximum atomic E-state index is 13.9. The minimum absolute atomic E-state index is 0.0293. The number of thioether (sulfide) groups is 1. The van der Waals surface area contributed by atoms with E-state index in [0.29, 0.717) is 17.1 Å². The van der Waals surface area contributed by atoms with Crippen molar-refractivity contribution in [2.45, 2.75) is 54.1 Å². The van der Waals surface area contributed by atoms with Gasteiger partial charge in [-0.15, -0.1) is 11.8 Å². The van der Waals surface area contributed by atoms with Crippen LogP contribution in [0.3, 0.4) is 0 Å². The summed E-state index contributed by atoms with van der Waals surface area (Å²) >= 11 is 11.2. The van der Waals surface area contributed by atoms with Crippen molar-refractivity contribution >= 4 is 62.8 Å². The Morgan fingerprint density at radius 1 is 1.36 bits per heavy atom. The molecule has 3 heterocycles. The van der Waals surface area contributed by atoms with Crippen molar-refractivity contribution in [1.82, 2.24) is 4.90 Å². The molecule has 0 aromatic heterocycles. The molecule has 1 spiro atoms. The number of carbonyl (C=O) groups is 3. The molecule has 3 saturated heterocycles. The van der Waals surface area contributed by atoms with Gasteiger partial charge in [0.05, 0.1) is 35.8 Å². The molecule has 4 rings (SSSR count). The second kappa shape index (κ2) is 9.40. The molecule has 0 aliphatic carbocycles. The molecule has 0 saturated carbocycles. The molecule has 2 N–H and O–H groups in total. The predicted molar refractivity (Wildman–Crippen MR) is 131 cm³/mol. The summed E-state index contributed by atoms with van der Waals surface area (Å²) in [7, 11) is 0. The highest BCUT2D eigenvalue weighted by Gasteiger charge is 2.76. The number of ether oxygens (including phenoxy) is 1. The number of amides is 2. The van der Waals surface area contributed by atoms with Gasteiger partial charge in [-0.25, -0.2) is 0 Å². The van der Waals surface area contributed by atoms with Gasteiger partial charge < -0.3 is 20.1 Å². The summed E-state index contributed by atoms with van der Waals surface area (Å²) in [6, 6.07) is 5.39. The maximum absolute atomic E-state index is 13.9. The second-order valence-electron chi connectivity index (χ2n) is 9.15. The number of esters is 1. The number of aliphatic hydroxyl groups is 1. The number of carbonyl (C=O) groups excluding carboxylic acids is 3. The number of benzene rings is 1. The van der Waals surface area contributed by atoms with Gasteiger partial charge in [0, 0.05) is 20.8 Å². The van der Waals surface area contributed by atoms with E-state index in [-0.39, 0.29) is 41.0 Å². The van der Waals surface area contributed by atoms with Crippen LogP contribution in [0.1, 0.15) is 27.2 Å². The average Bonchev–Trinajstić information content (AvgIpc) is 3.34. The number of hydrogen-bond donors (Lipinski definition) is 2. The standard InChI is InChI=1S/C23H28BrClN2O5S/c1-4-32-22(31)16-17-21(30)27(15(10-28)11(2)3)19(23(17)9-14(24)18(16)33-23)20(29)26-13-7-5-12(25)6-8-13/h5-8,11,14-19,28H,4,9-10H2,1-3H3,(H,26,29)/t14?,15-,16-,17-,18-,19?,23?/m0/s1. The summed E-state index contributed by atoms with van der Waals surface area (Å²) in [5, 5.41) is 13.5. The maximum Gasteiger partial charge on any atom is 0.310 e. The minimum atomic E-state index is -0.834. The Bertz CT molecular complexity index is 947. The van der Waals surface area contributed by atoms with Gasteiger partial charge in [0.25, 0.3) is 0 Å². The van der Waals surface area contributed by atoms with Crippen LogP contribution in [0.15, 0.2) is 24.3 Å². The number of fused-ring (bicyclic) bond motifs is 1. The lowest BCUT2D eigenvalue weighted by Gasteiger charge is -2.38. The monoisotopic (exact) mass is 558 g/mol. The summed E-state index contributed by atoms with van der Waals surface area (Å²) in [6.45, 7) is 5.52. The van der Waals surface area contributed by atoms with Crippen molar-refractivity contribution in [3.8, 4) is 0 Å². The Hall–Kier alpha value is -1.29. The third-order valence-electron chi connectivity index (χ3n) is 6.96. The van der Waals surface area contributed by atoms with Crippen molar-refractivity contribution in [2.24, 2.45) is 17.8 Å². The van der Waals surface area contributed by atoms with E-state index in [1.54, 1.807) is 47.9 Å². The van der Waals surface area contributed by atoms with Gasteiger partial charge in [0.1, 0.15) is 6.04 Å². The molecule has 2 bridgehead atoms. The van der Waals surface area contributed by atoms with Crippen LogP contribution in [0.4, 0.5) is 5.69 Å². The fourth-order valence-electron chi connectivity index (χ4n) is 5.60. The quantitative estimate of drug-likeness (QED) is 0.393. The van der Waals surface area contributed by atoms with Crippen LogP contribution in [0.2, 0.25) is 5.02 Å². The Balaban J connectivity index is 1.77. The molecule has 7 atom stereocenters. The van der Waals surface area contributed by atoms with Crippen molar-refractivity contribution < 1.29 is 24.2 Å². The van der Waals surface area contributed by atoms with Gasteiger partial charge in [-0.3, -0.25) is 14.4 Å². The second-order valence-corrected chi connectivity index (χ2v) is 12.3. The van der Waals surface area contributed by atoms with Crippen molar-refractivity contribution in [3.63, 3.8) is 0 Å². The van der Waals surface area contributed by atoms with Gasteiger partial charge >= 0.3 is 5.97 Å². The number of hydrogen-bond acceptors (Lipinski definition) is 6. The van der Waals surface area contributed by atoms with E-state index in [1.165, 1.54) is 0 Å². The number of halogens is 2. The van der Waals surface area contributed by atoms with E-state index in [1.807, 2.05) is 13.8 Å². The lowest BCUT2D eigenvalue weighted by Crippen LogP contribution is -2.56. The summed E-state index contributed by atoms with van der Waals surface area (Å²) in [5.74, 6) is -2.38. The van der Waals surface area contributed by atoms with Crippen LogP contribution >= 0.6 is 39.3 Å². The van der Waals surface area contributed by atoms with E-state index in [4.69, 9.17) is 16.3 Å². The van der Waals surface area contributed by atoms with Crippen molar-refractivity contribution in [2.75, 3.05) is 18.5 Å². The molecule has 1 aromatic rings. The number of likely N-dealkylation sites (tertiary alicyclic amines) is 1. The highest BCUT2D eigenvalue weighted by Crippen LogP contribution is 2.68. The molecule has 3 fully saturated rings. The SMILES string of the molecule is CCOC(=O)[C@H]1[C@H]2C(=O)N([C@@H](CO)C(C)C)C(C(=O)Nc3ccc(Cl)cc3)C23CC(Br)[C@@H]1S3. The average molecular weight is 560 g/mol. The zero-order valence-corrected chi connectivity index (χ0v) is 21.8. The topological polar surface area (TPSA) is 95.9 Å². The minimum Gasteiger partial charge on any atom is -0.466 e. The highest BCUT2D eigenvalue weighted by atomic mass is 79.9. The van der Waals surface area contributed by atoms with Crippen LogP contribution in [0, 0.1) is 17.8 Å². The largest absolute Gasteiger partial charge is 0.466 e. The summed E-state index contributed by atoms with van der Waals surface area (Å²) in [6.07, 6.45) is 0.570. The van der Waals surface area contributed by atoms with Crippen LogP contribution in [-0.4, -0.2) is 67.9 Å². The van der Waals surface area contributed by atoms with Crippen LogP contribution in [0.25, 0.3) is 0 Å². The predicted octanol–water partition coefficient (Wildman–Crippen LogP) is 3.32. The Labute approximate surface area is 211 Å². The van der Waals surface area contributed by atoms with Gasteiger partial charge in [0.2, 0.25) is 11.8 Å². The molecule has 3 unspecified atom stereocenters. The molecule has 1 aromatic carbocycles. The van der Waals surface area contributed by atoms with E-state index in [2.05, 4.69) is 21.2 Å². The fraction of sp³-hybridized carbons (Fsp3) is 0.609. The molecular weight excluding hydrogens is 532 g/mol. The molecule has 0 radical (unpaired) electrons. The first kappa shape index (κ1) is 24.8. The molecule has 2 amide bonds. The summed E-state index contributed by atoms with van der Waals surface area (Å²) in [4.78, 5) is 42.1. The highest BCUT2D eigenvalue weighted by molar-refractivity contribution is 9.09. The van der Waals surface area contributed by atoms with Gasteiger partial charge in [0.15, 0.2) is 0 Å². The van der Waals surface area contributed by atoms with E-state index < -0.39 is 34.6 Å². The molecule has 33 heavy (non-hydrogen) atoms. The molecular formula is C23H28BrClN2O5S. The molecule has 180 valence electrons. The smallest absolute Gasteiger partial charge is 0.310 e. The fourth-order valence-corrected chi connectivity index (χ4v) is 9.31. The Morgan fingerprint density at radius 3 is 2.61 bits per heavy atom. The number of aliphatic hydroxyl groups excluding tert-OH is 1. The number of rotatable bonds is 7. The van der Waals surface area contributed by atoms with Crippen LogP contribution in [-0.2, 0) is 19.1 Å². The Morgan fingerprint density at radius 2 is 2.03 bits per heavy atom. The Kier molecular flexibility index (Phi) is 7.07. The van der Waals surface area contributed by atoms with E-state index in [9.17, 15) is 19.5 Å².